The molecule has 0 N–H and O–H groups in total. The first-order valence-electron chi connectivity index (χ1n) is 8.76. The Morgan fingerprint density at radius 1 is 1.04 bits per heavy atom. The van der Waals surface area contributed by atoms with E-state index < -0.39 is 30.6 Å². The Hall–Kier alpha value is -1.29. The zero-order valence-corrected chi connectivity index (χ0v) is 18.7. The monoisotopic (exact) mass is 489 g/mol. The van der Waals surface area contributed by atoms with Crippen molar-refractivity contribution in [3.05, 3.63) is 57.8 Å². The quantitative estimate of drug-likeness (QED) is 0.653. The predicted octanol–water partition coefficient (Wildman–Crippen LogP) is 3.87. The van der Waals surface area contributed by atoms with Crippen molar-refractivity contribution < 1.29 is 21.2 Å². The van der Waals surface area contributed by atoms with Crippen LogP contribution in [0.15, 0.2) is 50.7 Å². The summed E-state index contributed by atoms with van der Waals surface area (Å²) in [5, 5.41) is 0. The van der Waals surface area contributed by atoms with Gasteiger partial charge in [-0.2, -0.15) is 4.31 Å². The Labute approximate surface area is 173 Å². The van der Waals surface area contributed by atoms with E-state index in [4.69, 9.17) is 0 Å². The molecule has 0 bridgehead atoms. The minimum absolute atomic E-state index is 0.202. The Morgan fingerprint density at radius 2 is 1.68 bits per heavy atom. The number of halogens is 2. The molecule has 0 spiro atoms. The second-order valence-electron chi connectivity index (χ2n) is 7.05. The molecular formula is C19H21BrFNO4S2. The lowest BCUT2D eigenvalue weighted by Crippen LogP contribution is -2.38. The SMILES string of the molecule is Cc1cc(C2CCN(S(=O)(=O)c3ccc(F)c(S(C)(=O)=O)c3)CC2)ccc1Br. The Bertz CT molecular complexity index is 1110. The number of rotatable bonds is 4. The summed E-state index contributed by atoms with van der Waals surface area (Å²) in [6.45, 7) is 2.67. The maximum Gasteiger partial charge on any atom is 0.243 e. The first-order valence-corrected chi connectivity index (χ1v) is 12.9. The van der Waals surface area contributed by atoms with Gasteiger partial charge in [0, 0.05) is 23.8 Å². The standard InChI is InChI=1S/C19H21BrFNO4S2/c1-13-11-15(3-5-17(13)20)14-7-9-22(10-8-14)28(25,26)16-4-6-18(21)19(12-16)27(2,23)24/h3-6,11-12,14H,7-10H2,1-2H3. The number of aryl methyl sites for hydroxylation is 1. The molecule has 1 fully saturated rings. The molecule has 2 aromatic rings. The van der Waals surface area contributed by atoms with E-state index in [9.17, 15) is 21.2 Å². The van der Waals surface area contributed by atoms with Crippen molar-refractivity contribution >= 4 is 35.8 Å². The molecular weight excluding hydrogens is 469 g/mol. The van der Waals surface area contributed by atoms with Crippen LogP contribution in [0.1, 0.15) is 29.9 Å². The van der Waals surface area contributed by atoms with E-state index in [0.717, 1.165) is 34.5 Å². The fourth-order valence-corrected chi connectivity index (χ4v) is 6.01. The van der Waals surface area contributed by atoms with Crippen LogP contribution in [0, 0.1) is 12.7 Å². The molecule has 0 saturated carbocycles. The topological polar surface area (TPSA) is 71.5 Å². The Kier molecular flexibility index (Phi) is 6.01. The van der Waals surface area contributed by atoms with Crippen molar-refractivity contribution in [2.45, 2.75) is 35.5 Å². The number of hydrogen-bond donors (Lipinski definition) is 0. The second kappa shape index (κ2) is 7.85. The lowest BCUT2D eigenvalue weighted by atomic mass is 9.89. The smallest absolute Gasteiger partial charge is 0.224 e. The van der Waals surface area contributed by atoms with E-state index in [1.54, 1.807) is 0 Å². The molecule has 1 saturated heterocycles. The number of sulfonamides is 1. The number of nitrogens with zero attached hydrogens (tertiary/aromatic N) is 1. The van der Waals surface area contributed by atoms with E-state index in [1.165, 1.54) is 9.87 Å². The zero-order valence-electron chi connectivity index (χ0n) is 15.5. The Balaban J connectivity index is 1.81. The van der Waals surface area contributed by atoms with Crippen molar-refractivity contribution in [2.24, 2.45) is 0 Å². The van der Waals surface area contributed by atoms with Gasteiger partial charge in [0.05, 0.1) is 4.90 Å². The minimum Gasteiger partial charge on any atom is -0.224 e. The van der Waals surface area contributed by atoms with Crippen LogP contribution in [0.3, 0.4) is 0 Å². The zero-order chi connectivity index (χ0) is 20.7. The van der Waals surface area contributed by atoms with Gasteiger partial charge in [-0.1, -0.05) is 28.1 Å². The highest BCUT2D eigenvalue weighted by molar-refractivity contribution is 9.10. The molecule has 0 amide bonds. The number of benzene rings is 2. The van der Waals surface area contributed by atoms with Crippen LogP contribution >= 0.6 is 15.9 Å². The number of hydrogen-bond acceptors (Lipinski definition) is 4. The molecule has 1 heterocycles. The van der Waals surface area contributed by atoms with Gasteiger partial charge in [0.2, 0.25) is 10.0 Å². The summed E-state index contributed by atoms with van der Waals surface area (Å²) < 4.78 is 65.4. The molecule has 0 atom stereocenters. The number of piperidine rings is 1. The molecule has 0 radical (unpaired) electrons. The highest BCUT2D eigenvalue weighted by atomic mass is 79.9. The van der Waals surface area contributed by atoms with Crippen molar-refractivity contribution in [1.29, 1.82) is 0 Å². The third-order valence-electron chi connectivity index (χ3n) is 5.05. The molecule has 1 aliphatic heterocycles. The van der Waals surface area contributed by atoms with Crippen LogP contribution in [0.5, 0.6) is 0 Å². The first kappa shape index (κ1) is 21.4. The van der Waals surface area contributed by atoms with Crippen LogP contribution in [0.2, 0.25) is 0 Å². The van der Waals surface area contributed by atoms with E-state index in [0.29, 0.717) is 25.9 Å². The molecule has 28 heavy (non-hydrogen) atoms. The van der Waals surface area contributed by atoms with Crippen molar-refractivity contribution in [3.63, 3.8) is 0 Å². The van der Waals surface area contributed by atoms with Gasteiger partial charge in [-0.15, -0.1) is 0 Å². The van der Waals surface area contributed by atoms with Crippen molar-refractivity contribution in [2.75, 3.05) is 19.3 Å². The summed E-state index contributed by atoms with van der Waals surface area (Å²) in [4.78, 5) is -0.805. The summed E-state index contributed by atoms with van der Waals surface area (Å²) in [5.41, 5.74) is 2.31. The summed E-state index contributed by atoms with van der Waals surface area (Å²) in [6, 6.07) is 9.06. The van der Waals surface area contributed by atoms with Gasteiger partial charge in [0.15, 0.2) is 9.84 Å². The van der Waals surface area contributed by atoms with Crippen LogP contribution in [0.4, 0.5) is 4.39 Å². The average molecular weight is 490 g/mol. The third-order valence-corrected chi connectivity index (χ3v) is 8.94. The largest absolute Gasteiger partial charge is 0.243 e. The average Bonchev–Trinajstić information content (AvgIpc) is 2.63. The molecule has 9 heteroatoms. The Morgan fingerprint density at radius 3 is 2.25 bits per heavy atom. The molecule has 1 aliphatic rings. The van der Waals surface area contributed by atoms with Gasteiger partial charge in [-0.05, 0) is 61.1 Å². The minimum atomic E-state index is -3.89. The lowest BCUT2D eigenvalue weighted by molar-refractivity contribution is 0.319. The molecule has 5 nitrogen and oxygen atoms in total. The van der Waals surface area contributed by atoms with E-state index in [2.05, 4.69) is 22.0 Å². The van der Waals surface area contributed by atoms with E-state index in [-0.39, 0.29) is 10.8 Å². The van der Waals surface area contributed by atoms with Crippen LogP contribution in [-0.4, -0.2) is 40.5 Å². The third kappa shape index (κ3) is 4.32. The van der Waals surface area contributed by atoms with Gasteiger partial charge in [-0.25, -0.2) is 21.2 Å². The van der Waals surface area contributed by atoms with Crippen LogP contribution in [-0.2, 0) is 19.9 Å². The van der Waals surface area contributed by atoms with Crippen molar-refractivity contribution in [3.8, 4) is 0 Å². The maximum absolute atomic E-state index is 13.8. The fourth-order valence-electron chi connectivity index (χ4n) is 3.43. The van der Waals surface area contributed by atoms with Crippen LogP contribution in [0.25, 0.3) is 0 Å². The van der Waals surface area contributed by atoms with E-state index in [1.807, 2.05) is 19.1 Å². The fraction of sp³-hybridized carbons (Fsp3) is 0.368. The highest BCUT2D eigenvalue weighted by Crippen LogP contribution is 2.33. The lowest BCUT2D eigenvalue weighted by Gasteiger charge is -2.31. The van der Waals surface area contributed by atoms with E-state index >= 15 is 0 Å². The molecule has 0 aliphatic carbocycles. The molecule has 0 unspecified atom stereocenters. The molecule has 0 aromatic heterocycles. The molecule has 152 valence electrons. The predicted molar refractivity (Wildman–Crippen MR) is 109 cm³/mol. The normalized spacial score (nSPS) is 17.0. The highest BCUT2D eigenvalue weighted by Gasteiger charge is 2.31. The summed E-state index contributed by atoms with van der Waals surface area (Å²) in [6.07, 6.45) is 2.19. The summed E-state index contributed by atoms with van der Waals surface area (Å²) >= 11 is 3.48. The summed E-state index contributed by atoms with van der Waals surface area (Å²) in [7, 11) is -7.75. The molecule has 3 rings (SSSR count). The van der Waals surface area contributed by atoms with Gasteiger partial charge in [-0.3, -0.25) is 0 Å². The second-order valence-corrected chi connectivity index (χ2v) is 11.8. The van der Waals surface area contributed by atoms with Gasteiger partial charge in [0.25, 0.3) is 0 Å². The summed E-state index contributed by atoms with van der Waals surface area (Å²) in [5.74, 6) is -0.691. The van der Waals surface area contributed by atoms with Crippen LogP contribution < -0.4 is 0 Å². The van der Waals surface area contributed by atoms with Gasteiger partial charge >= 0.3 is 0 Å². The first-order chi connectivity index (χ1) is 13.0. The number of sulfone groups is 1. The maximum atomic E-state index is 13.8. The molecule has 2 aromatic carbocycles. The van der Waals surface area contributed by atoms with Crippen molar-refractivity contribution in [1.82, 2.24) is 4.31 Å². The van der Waals surface area contributed by atoms with Gasteiger partial charge in [0.1, 0.15) is 10.7 Å². The van der Waals surface area contributed by atoms with Gasteiger partial charge < -0.3 is 0 Å².